The van der Waals surface area contributed by atoms with Crippen LogP contribution < -0.4 is 10.1 Å². The average Bonchev–Trinajstić information content (AvgIpc) is 3.78. The predicted molar refractivity (Wildman–Crippen MR) is 147 cm³/mol. The second-order valence-electron chi connectivity index (χ2n) is 11.0. The van der Waals surface area contributed by atoms with Crippen LogP contribution in [0.4, 0.5) is 13.2 Å². The Labute approximate surface area is 235 Å². The second-order valence-corrected chi connectivity index (χ2v) is 11.0. The Morgan fingerprint density at radius 3 is 2.44 bits per heavy atom. The number of hydrogen-bond donors (Lipinski definition) is 3. The van der Waals surface area contributed by atoms with Crippen molar-refractivity contribution in [2.45, 2.75) is 44.8 Å². The maximum atomic E-state index is 15.6. The van der Waals surface area contributed by atoms with Crippen molar-refractivity contribution < 1.29 is 32.9 Å². The van der Waals surface area contributed by atoms with Crippen molar-refractivity contribution in [3.63, 3.8) is 0 Å². The summed E-state index contributed by atoms with van der Waals surface area (Å²) in [5.41, 5.74) is -2.26. The fraction of sp³-hybridized carbons (Fsp3) is 0.323. The zero-order valence-electron chi connectivity index (χ0n) is 23.1. The molecule has 214 valence electrons. The highest BCUT2D eigenvalue weighted by molar-refractivity contribution is 6.00. The first-order valence-corrected chi connectivity index (χ1v) is 13.2. The van der Waals surface area contributed by atoms with Gasteiger partial charge in [-0.05, 0) is 87.6 Å². The lowest BCUT2D eigenvalue weighted by molar-refractivity contribution is 0.00864. The first-order valence-electron chi connectivity index (χ1n) is 13.2. The summed E-state index contributed by atoms with van der Waals surface area (Å²) in [6, 6.07) is 9.19. The van der Waals surface area contributed by atoms with E-state index >= 15 is 4.39 Å². The number of halogens is 3. The van der Waals surface area contributed by atoms with Gasteiger partial charge in [-0.25, -0.2) is 18.2 Å². The number of hydrogen-bond acceptors (Lipinski definition) is 6. The van der Waals surface area contributed by atoms with E-state index in [4.69, 9.17) is 4.74 Å². The third kappa shape index (κ3) is 5.49. The zero-order chi connectivity index (χ0) is 29.7. The highest BCUT2D eigenvalue weighted by atomic mass is 19.2. The van der Waals surface area contributed by atoms with Gasteiger partial charge in [-0.3, -0.25) is 9.78 Å². The van der Waals surface area contributed by atoms with E-state index in [0.717, 1.165) is 17.7 Å². The minimum atomic E-state index is -1.74. The summed E-state index contributed by atoms with van der Waals surface area (Å²) >= 11 is 0. The number of fused-ring (bicyclic) bond motifs is 1. The van der Waals surface area contributed by atoms with Gasteiger partial charge < -0.3 is 20.3 Å². The quantitative estimate of drug-likeness (QED) is 0.268. The van der Waals surface area contributed by atoms with Gasteiger partial charge in [0.1, 0.15) is 22.6 Å². The Balaban J connectivity index is 1.54. The van der Waals surface area contributed by atoms with Crippen molar-refractivity contribution in [1.82, 2.24) is 15.3 Å². The van der Waals surface area contributed by atoms with Crippen LogP contribution in [0.1, 0.15) is 53.9 Å². The van der Waals surface area contributed by atoms with Crippen LogP contribution in [-0.2, 0) is 11.2 Å². The summed E-state index contributed by atoms with van der Waals surface area (Å²) in [4.78, 5) is 22.0. The summed E-state index contributed by atoms with van der Waals surface area (Å²) in [6.07, 6.45) is 2.95. The van der Waals surface area contributed by atoms with Gasteiger partial charge in [0.25, 0.3) is 5.91 Å². The number of ether oxygens (including phenoxy) is 1. The van der Waals surface area contributed by atoms with Gasteiger partial charge in [0.15, 0.2) is 17.5 Å². The monoisotopic (exact) mass is 565 g/mol. The summed E-state index contributed by atoms with van der Waals surface area (Å²) < 4.78 is 48.7. The Kier molecular flexibility index (Phi) is 7.25. The fourth-order valence-corrected chi connectivity index (χ4v) is 4.97. The number of nitrogens with one attached hydrogen (secondary N) is 1. The van der Waals surface area contributed by atoms with E-state index in [1.165, 1.54) is 33.1 Å². The fourth-order valence-electron chi connectivity index (χ4n) is 4.97. The second kappa shape index (κ2) is 10.4. The molecule has 2 aromatic carbocycles. The molecule has 0 aliphatic heterocycles. The summed E-state index contributed by atoms with van der Waals surface area (Å²) in [7, 11) is 1.48. The molecule has 0 radical (unpaired) electrons. The predicted octanol–water partition coefficient (Wildman–Crippen LogP) is 5.29. The molecule has 1 saturated carbocycles. The maximum Gasteiger partial charge on any atom is 0.251 e. The number of aromatic nitrogens is 2. The van der Waals surface area contributed by atoms with E-state index in [-0.39, 0.29) is 40.5 Å². The number of amides is 1. The van der Waals surface area contributed by atoms with Gasteiger partial charge >= 0.3 is 0 Å². The van der Waals surface area contributed by atoms with E-state index in [9.17, 15) is 23.8 Å². The molecule has 2 heterocycles. The Morgan fingerprint density at radius 1 is 1.07 bits per heavy atom. The number of carbonyl (C=O) groups is 1. The van der Waals surface area contributed by atoms with Crippen LogP contribution in [0.15, 0.2) is 48.7 Å². The van der Waals surface area contributed by atoms with Crippen LogP contribution in [0.3, 0.4) is 0 Å². The minimum Gasteiger partial charge on any atom is -0.494 e. The number of rotatable bonds is 8. The van der Waals surface area contributed by atoms with Crippen LogP contribution >= 0.6 is 0 Å². The number of aryl methyl sites for hydroxylation is 1. The van der Waals surface area contributed by atoms with E-state index < -0.39 is 34.6 Å². The minimum absolute atomic E-state index is 0.00512. The van der Waals surface area contributed by atoms with Crippen LogP contribution in [0, 0.1) is 30.3 Å². The molecule has 1 unspecified atom stereocenters. The SMILES string of the molecule is COc1cc(C(=O)NCC(O)(c2cc(C(C)(C)O)c(F)c(-c3ccc(F)c(F)c3)n2)C2CC2)cc2cc(C)cnc12. The lowest BCUT2D eigenvalue weighted by Gasteiger charge is -2.31. The van der Waals surface area contributed by atoms with Gasteiger partial charge in [0.2, 0.25) is 0 Å². The molecule has 0 spiro atoms. The average molecular weight is 566 g/mol. The Morgan fingerprint density at radius 2 is 1.80 bits per heavy atom. The van der Waals surface area contributed by atoms with Gasteiger partial charge in [0, 0.05) is 28.3 Å². The molecule has 5 rings (SSSR count). The first kappa shape index (κ1) is 28.5. The van der Waals surface area contributed by atoms with Crippen molar-refractivity contribution in [2.75, 3.05) is 13.7 Å². The van der Waals surface area contributed by atoms with Gasteiger partial charge in [-0.1, -0.05) is 0 Å². The zero-order valence-corrected chi connectivity index (χ0v) is 23.1. The third-order valence-electron chi connectivity index (χ3n) is 7.39. The third-order valence-corrected chi connectivity index (χ3v) is 7.39. The van der Waals surface area contributed by atoms with Crippen molar-refractivity contribution in [3.8, 4) is 17.0 Å². The molecule has 1 atom stereocenters. The number of nitrogens with zero attached hydrogens (tertiary/aromatic N) is 2. The highest BCUT2D eigenvalue weighted by Gasteiger charge is 2.47. The lowest BCUT2D eigenvalue weighted by atomic mass is 9.87. The molecule has 41 heavy (non-hydrogen) atoms. The largest absolute Gasteiger partial charge is 0.494 e. The summed E-state index contributed by atoms with van der Waals surface area (Å²) in [5.74, 6) is -3.62. The summed E-state index contributed by atoms with van der Waals surface area (Å²) in [5, 5.41) is 26.1. The molecule has 1 aliphatic rings. The molecule has 3 N–H and O–H groups in total. The van der Waals surface area contributed by atoms with Crippen molar-refractivity contribution in [3.05, 3.63) is 88.5 Å². The number of carbonyl (C=O) groups excluding carboxylic acids is 1. The van der Waals surface area contributed by atoms with Gasteiger partial charge in [0.05, 0.1) is 24.9 Å². The first-order chi connectivity index (χ1) is 19.3. The molecule has 10 heteroatoms. The molecule has 1 amide bonds. The molecule has 4 aromatic rings. The molecular weight excluding hydrogens is 535 g/mol. The van der Waals surface area contributed by atoms with Crippen molar-refractivity contribution in [1.29, 1.82) is 0 Å². The van der Waals surface area contributed by atoms with E-state index in [1.807, 2.05) is 13.0 Å². The molecule has 0 saturated heterocycles. The van der Waals surface area contributed by atoms with Crippen LogP contribution in [0.5, 0.6) is 5.75 Å². The van der Waals surface area contributed by atoms with Gasteiger partial charge in [-0.2, -0.15) is 0 Å². The number of methoxy groups -OCH3 is 1. The van der Waals surface area contributed by atoms with Crippen molar-refractivity contribution in [2.24, 2.45) is 5.92 Å². The smallest absolute Gasteiger partial charge is 0.251 e. The maximum absolute atomic E-state index is 15.6. The summed E-state index contributed by atoms with van der Waals surface area (Å²) in [6.45, 7) is 4.34. The number of aliphatic hydroxyl groups is 2. The van der Waals surface area contributed by atoms with Crippen LogP contribution in [0.2, 0.25) is 0 Å². The van der Waals surface area contributed by atoms with E-state index in [2.05, 4.69) is 15.3 Å². The topological polar surface area (TPSA) is 105 Å². The van der Waals surface area contributed by atoms with E-state index in [0.29, 0.717) is 29.5 Å². The molecule has 2 aromatic heterocycles. The molecule has 1 aliphatic carbocycles. The Hall–Kier alpha value is -4.02. The highest BCUT2D eigenvalue weighted by Crippen LogP contribution is 2.46. The Bertz CT molecular complexity index is 1670. The van der Waals surface area contributed by atoms with Crippen LogP contribution in [-0.4, -0.2) is 39.7 Å². The van der Waals surface area contributed by atoms with Gasteiger partial charge in [-0.15, -0.1) is 0 Å². The molecule has 7 nitrogen and oxygen atoms in total. The number of benzene rings is 2. The van der Waals surface area contributed by atoms with Crippen molar-refractivity contribution >= 4 is 16.8 Å². The standard InChI is InChI=1S/C31H30F3N3O4/c1-16-9-18-10-19(12-24(41-4)27(18)35-14-16)29(38)36-15-31(40,20-6-7-20)25-13-21(30(2,3)39)26(34)28(37-25)17-5-8-22(32)23(33)11-17/h5,8-14,20,39-40H,6-7,15H2,1-4H3,(H,36,38). The molecular formula is C31H30F3N3O4. The molecule has 1 fully saturated rings. The van der Waals surface area contributed by atoms with Crippen LogP contribution in [0.25, 0.3) is 22.2 Å². The van der Waals surface area contributed by atoms with E-state index in [1.54, 1.807) is 18.3 Å². The molecule has 0 bridgehead atoms. The lowest BCUT2D eigenvalue weighted by Crippen LogP contribution is -2.43. The normalized spacial score (nSPS) is 15.0. The number of pyridine rings is 2.